The van der Waals surface area contributed by atoms with E-state index in [0.29, 0.717) is 44.3 Å². The molecule has 0 radical (unpaired) electrons. The molecule has 8 nitrogen and oxygen atoms in total. The molecule has 1 spiro atoms. The lowest BCUT2D eigenvalue weighted by atomic mass is 9.98. The Morgan fingerprint density at radius 2 is 1.74 bits per heavy atom. The Morgan fingerprint density at radius 1 is 1.06 bits per heavy atom. The molecule has 8 heteroatoms. The molecule has 5 amide bonds. The molecular weight excluding hydrogens is 396 g/mol. The van der Waals surface area contributed by atoms with Gasteiger partial charge in [-0.1, -0.05) is 31.0 Å². The van der Waals surface area contributed by atoms with Crippen molar-refractivity contribution < 1.29 is 19.2 Å². The average Bonchev–Trinajstić information content (AvgIpc) is 3.35. The highest BCUT2D eigenvalue weighted by Crippen LogP contribution is 2.35. The fourth-order valence-corrected chi connectivity index (χ4v) is 4.87. The lowest BCUT2D eigenvalue weighted by Gasteiger charge is -2.32. The van der Waals surface area contributed by atoms with Crippen LogP contribution in [0, 0.1) is 0 Å². The van der Waals surface area contributed by atoms with Crippen LogP contribution in [-0.4, -0.2) is 64.8 Å². The number of rotatable bonds is 6. The van der Waals surface area contributed by atoms with Crippen molar-refractivity contribution in [2.45, 2.75) is 62.9 Å². The monoisotopic (exact) mass is 426 g/mol. The van der Waals surface area contributed by atoms with Gasteiger partial charge in [0.2, 0.25) is 5.91 Å². The molecule has 0 unspecified atom stereocenters. The number of amides is 5. The number of hydrogen-bond donors (Lipinski definition) is 2. The van der Waals surface area contributed by atoms with E-state index in [-0.39, 0.29) is 36.3 Å². The molecule has 2 N–H and O–H groups in total. The summed E-state index contributed by atoms with van der Waals surface area (Å²) >= 11 is 0. The highest BCUT2D eigenvalue weighted by atomic mass is 16.2. The molecule has 0 atom stereocenters. The Morgan fingerprint density at radius 3 is 2.42 bits per heavy atom. The Balaban J connectivity index is 1.18. The fourth-order valence-electron chi connectivity index (χ4n) is 4.87. The summed E-state index contributed by atoms with van der Waals surface area (Å²) in [6, 6.07) is 8.85. The van der Waals surface area contributed by atoms with Gasteiger partial charge in [-0.15, -0.1) is 0 Å². The lowest BCUT2D eigenvalue weighted by Crippen LogP contribution is -2.46. The van der Waals surface area contributed by atoms with E-state index in [2.05, 4.69) is 10.6 Å². The van der Waals surface area contributed by atoms with E-state index in [9.17, 15) is 19.2 Å². The number of likely N-dealkylation sites (tertiary alicyclic amines) is 1. The lowest BCUT2D eigenvalue weighted by molar-refractivity contribution is -0.134. The summed E-state index contributed by atoms with van der Waals surface area (Å²) < 4.78 is 0. The molecule has 4 rings (SSSR count). The number of imide groups is 1. The molecule has 1 saturated carbocycles. The maximum absolute atomic E-state index is 12.7. The molecule has 2 saturated heterocycles. The van der Waals surface area contributed by atoms with Crippen molar-refractivity contribution in [2.75, 3.05) is 19.6 Å². The summed E-state index contributed by atoms with van der Waals surface area (Å²) in [6.45, 7) is 1.48. The minimum atomic E-state index is -0.687. The molecule has 0 aromatic heterocycles. The minimum absolute atomic E-state index is 0.0375. The second kappa shape index (κ2) is 9.08. The number of carbonyl (C=O) groups excluding carboxylic acids is 4. The van der Waals surface area contributed by atoms with Crippen LogP contribution in [0.1, 0.15) is 61.7 Å². The number of piperidine rings is 1. The van der Waals surface area contributed by atoms with Crippen molar-refractivity contribution in [1.29, 1.82) is 0 Å². The molecule has 1 aliphatic carbocycles. The van der Waals surface area contributed by atoms with Crippen LogP contribution >= 0.6 is 0 Å². The SMILES string of the molecule is O=C(NC1CCN(C(=O)CCCN2C(=O)NC3(CCCC3)C2=O)CC1)c1ccccc1. The zero-order chi connectivity index (χ0) is 21.8. The zero-order valence-corrected chi connectivity index (χ0v) is 17.8. The number of benzene rings is 1. The van der Waals surface area contributed by atoms with Gasteiger partial charge in [0.15, 0.2) is 0 Å². The van der Waals surface area contributed by atoms with Gasteiger partial charge in [0.1, 0.15) is 5.54 Å². The third-order valence-corrected chi connectivity index (χ3v) is 6.69. The van der Waals surface area contributed by atoms with Crippen LogP contribution in [0.5, 0.6) is 0 Å². The zero-order valence-electron chi connectivity index (χ0n) is 17.8. The molecule has 1 aromatic rings. The summed E-state index contributed by atoms with van der Waals surface area (Å²) in [6.07, 6.45) is 5.56. The first kappa shape index (κ1) is 21.3. The summed E-state index contributed by atoms with van der Waals surface area (Å²) in [4.78, 5) is 52.8. The molecule has 2 aliphatic heterocycles. The Labute approximate surface area is 182 Å². The van der Waals surface area contributed by atoms with Gasteiger partial charge in [-0.25, -0.2) is 4.79 Å². The first-order valence-electron chi connectivity index (χ1n) is 11.3. The van der Waals surface area contributed by atoms with E-state index in [1.807, 2.05) is 23.1 Å². The van der Waals surface area contributed by atoms with Gasteiger partial charge in [-0.05, 0) is 44.2 Å². The second-order valence-electron chi connectivity index (χ2n) is 8.77. The maximum Gasteiger partial charge on any atom is 0.325 e. The van der Waals surface area contributed by atoms with Crippen molar-refractivity contribution in [2.24, 2.45) is 0 Å². The highest BCUT2D eigenvalue weighted by molar-refractivity contribution is 6.07. The number of nitrogens with one attached hydrogen (secondary N) is 2. The summed E-state index contributed by atoms with van der Waals surface area (Å²) in [7, 11) is 0. The van der Waals surface area contributed by atoms with E-state index in [1.165, 1.54) is 4.90 Å². The summed E-state index contributed by atoms with van der Waals surface area (Å²) in [5, 5.41) is 5.91. The maximum atomic E-state index is 12.7. The summed E-state index contributed by atoms with van der Waals surface area (Å²) in [5.41, 5.74) is -0.0476. The standard InChI is InChI=1S/C23H30N4O4/c28-19(9-6-14-27-21(30)23(25-22(27)31)12-4-5-13-23)26-15-10-18(11-16-26)24-20(29)17-7-2-1-3-8-17/h1-3,7-8,18H,4-6,9-16H2,(H,24,29)(H,25,31). The van der Waals surface area contributed by atoms with Gasteiger partial charge in [-0.3, -0.25) is 19.3 Å². The van der Waals surface area contributed by atoms with Crippen LogP contribution < -0.4 is 10.6 Å². The van der Waals surface area contributed by atoms with E-state index in [0.717, 1.165) is 25.7 Å². The quantitative estimate of drug-likeness (QED) is 0.680. The van der Waals surface area contributed by atoms with Crippen LogP contribution in [0.25, 0.3) is 0 Å². The van der Waals surface area contributed by atoms with Crippen molar-refractivity contribution in [1.82, 2.24) is 20.4 Å². The number of urea groups is 1. The molecule has 1 aromatic carbocycles. The van der Waals surface area contributed by atoms with Crippen LogP contribution in [0.2, 0.25) is 0 Å². The Hall–Kier alpha value is -2.90. The van der Waals surface area contributed by atoms with Crippen molar-refractivity contribution in [3.8, 4) is 0 Å². The Kier molecular flexibility index (Phi) is 6.25. The average molecular weight is 427 g/mol. The van der Waals surface area contributed by atoms with E-state index in [4.69, 9.17) is 0 Å². The summed E-state index contributed by atoms with van der Waals surface area (Å²) in [5.74, 6) is -0.174. The topological polar surface area (TPSA) is 98.8 Å². The van der Waals surface area contributed by atoms with Crippen LogP contribution in [0.4, 0.5) is 4.79 Å². The third kappa shape index (κ3) is 4.57. The Bertz CT molecular complexity index is 842. The second-order valence-corrected chi connectivity index (χ2v) is 8.77. The molecule has 31 heavy (non-hydrogen) atoms. The highest BCUT2D eigenvalue weighted by Gasteiger charge is 2.52. The van der Waals surface area contributed by atoms with E-state index < -0.39 is 5.54 Å². The van der Waals surface area contributed by atoms with Crippen LogP contribution in [0.3, 0.4) is 0 Å². The first-order chi connectivity index (χ1) is 15.0. The molecule has 3 aliphatic rings. The van der Waals surface area contributed by atoms with Gasteiger partial charge in [0.05, 0.1) is 0 Å². The van der Waals surface area contributed by atoms with Crippen molar-refractivity contribution in [3.05, 3.63) is 35.9 Å². The predicted molar refractivity (Wildman–Crippen MR) is 114 cm³/mol. The van der Waals surface area contributed by atoms with Gasteiger partial charge in [0, 0.05) is 37.7 Å². The molecular formula is C23H30N4O4. The van der Waals surface area contributed by atoms with Crippen LogP contribution in [-0.2, 0) is 9.59 Å². The minimum Gasteiger partial charge on any atom is -0.349 e. The largest absolute Gasteiger partial charge is 0.349 e. The van der Waals surface area contributed by atoms with Gasteiger partial charge >= 0.3 is 6.03 Å². The number of nitrogens with zero attached hydrogens (tertiary/aromatic N) is 2. The number of carbonyl (C=O) groups is 4. The van der Waals surface area contributed by atoms with Gasteiger partial charge in [0.25, 0.3) is 11.8 Å². The fraction of sp³-hybridized carbons (Fsp3) is 0.565. The third-order valence-electron chi connectivity index (χ3n) is 6.69. The molecule has 3 fully saturated rings. The number of hydrogen-bond acceptors (Lipinski definition) is 4. The van der Waals surface area contributed by atoms with E-state index >= 15 is 0 Å². The van der Waals surface area contributed by atoms with Crippen molar-refractivity contribution >= 4 is 23.8 Å². The van der Waals surface area contributed by atoms with Gasteiger partial charge < -0.3 is 15.5 Å². The van der Waals surface area contributed by atoms with E-state index in [1.54, 1.807) is 12.1 Å². The predicted octanol–water partition coefficient (Wildman–Crippen LogP) is 2.05. The van der Waals surface area contributed by atoms with Gasteiger partial charge in [-0.2, -0.15) is 0 Å². The molecule has 0 bridgehead atoms. The molecule has 2 heterocycles. The normalized spacial score (nSPS) is 20.9. The van der Waals surface area contributed by atoms with Crippen molar-refractivity contribution in [3.63, 3.8) is 0 Å². The first-order valence-corrected chi connectivity index (χ1v) is 11.3. The molecule has 166 valence electrons. The van der Waals surface area contributed by atoms with Crippen LogP contribution in [0.15, 0.2) is 30.3 Å². The smallest absolute Gasteiger partial charge is 0.325 e.